The number of anilines is 1. The van der Waals surface area contributed by atoms with E-state index in [-0.39, 0.29) is 5.57 Å². The summed E-state index contributed by atoms with van der Waals surface area (Å²) in [6.45, 7) is 12.2. The largest absolute Gasteiger partial charge is 0.448 e. The molecule has 1 heterocycles. The molecule has 1 amide bonds. The summed E-state index contributed by atoms with van der Waals surface area (Å²) in [6.07, 6.45) is 1.47. The molecule has 0 radical (unpaired) electrons. The average molecular weight is 408 g/mol. The molecule has 6 nitrogen and oxygen atoms in total. The van der Waals surface area contributed by atoms with Crippen LogP contribution in [-0.2, 0) is 20.9 Å². The van der Waals surface area contributed by atoms with Gasteiger partial charge in [-0.2, -0.15) is 5.26 Å². The van der Waals surface area contributed by atoms with Crippen LogP contribution in [0.25, 0.3) is 6.08 Å². The minimum absolute atomic E-state index is 0.140. The molecule has 1 aromatic carbocycles. The van der Waals surface area contributed by atoms with Gasteiger partial charge in [-0.1, -0.05) is 25.1 Å². The number of ether oxygens (including phenoxy) is 1. The molecular formula is C24H29N3O3. The minimum Gasteiger partial charge on any atom is -0.448 e. The molecule has 0 saturated heterocycles. The zero-order valence-electron chi connectivity index (χ0n) is 18.5. The molecule has 1 N–H and O–H groups in total. The third kappa shape index (κ3) is 5.18. The van der Waals surface area contributed by atoms with Crippen LogP contribution < -0.4 is 5.32 Å². The van der Waals surface area contributed by atoms with Crippen molar-refractivity contribution in [2.45, 2.75) is 60.6 Å². The van der Waals surface area contributed by atoms with Gasteiger partial charge in [0.1, 0.15) is 11.6 Å². The smallest absolute Gasteiger partial charge is 0.349 e. The number of nitrogens with zero attached hydrogens (tertiary/aromatic N) is 2. The van der Waals surface area contributed by atoms with E-state index in [1.165, 1.54) is 13.0 Å². The number of amides is 1. The summed E-state index contributed by atoms with van der Waals surface area (Å²) < 4.78 is 7.41. The third-order valence-corrected chi connectivity index (χ3v) is 5.08. The van der Waals surface area contributed by atoms with Crippen molar-refractivity contribution >= 4 is 23.6 Å². The van der Waals surface area contributed by atoms with Gasteiger partial charge < -0.3 is 14.6 Å². The second-order valence-corrected chi connectivity index (χ2v) is 7.45. The zero-order valence-corrected chi connectivity index (χ0v) is 18.5. The second-order valence-electron chi connectivity index (χ2n) is 7.45. The maximum absolute atomic E-state index is 12.5. The van der Waals surface area contributed by atoms with Crippen LogP contribution in [0.2, 0.25) is 0 Å². The molecular weight excluding hydrogens is 378 g/mol. The Hall–Kier alpha value is -3.33. The zero-order chi connectivity index (χ0) is 22.4. The van der Waals surface area contributed by atoms with E-state index in [2.05, 4.69) is 16.8 Å². The number of carbonyl (C=O) groups excluding carboxylic acids is 2. The molecule has 1 aromatic heterocycles. The Morgan fingerprint density at radius 3 is 2.43 bits per heavy atom. The molecule has 0 bridgehead atoms. The van der Waals surface area contributed by atoms with Crippen LogP contribution in [0.15, 0.2) is 29.8 Å². The fourth-order valence-corrected chi connectivity index (χ4v) is 3.35. The molecule has 0 aliphatic rings. The van der Waals surface area contributed by atoms with Gasteiger partial charge in [-0.25, -0.2) is 4.79 Å². The average Bonchev–Trinajstić information content (AvgIpc) is 2.96. The van der Waals surface area contributed by atoms with Crippen LogP contribution in [0.1, 0.15) is 48.3 Å². The number of aromatic nitrogens is 1. The van der Waals surface area contributed by atoms with Gasteiger partial charge in [0.25, 0.3) is 5.91 Å². The van der Waals surface area contributed by atoms with Crippen molar-refractivity contribution < 1.29 is 14.3 Å². The molecule has 6 heteroatoms. The predicted molar refractivity (Wildman–Crippen MR) is 118 cm³/mol. The van der Waals surface area contributed by atoms with Crippen molar-refractivity contribution in [1.82, 2.24) is 4.57 Å². The molecule has 30 heavy (non-hydrogen) atoms. The van der Waals surface area contributed by atoms with Gasteiger partial charge in [0.15, 0.2) is 6.10 Å². The minimum atomic E-state index is -1.04. The number of esters is 1. The Morgan fingerprint density at radius 2 is 1.87 bits per heavy atom. The van der Waals surface area contributed by atoms with Gasteiger partial charge in [0, 0.05) is 23.6 Å². The van der Waals surface area contributed by atoms with Crippen molar-refractivity contribution in [2.24, 2.45) is 0 Å². The van der Waals surface area contributed by atoms with E-state index >= 15 is 0 Å². The molecule has 0 aliphatic carbocycles. The summed E-state index contributed by atoms with van der Waals surface area (Å²) in [7, 11) is 0. The maximum atomic E-state index is 12.5. The highest BCUT2D eigenvalue weighted by atomic mass is 16.5. The van der Waals surface area contributed by atoms with Gasteiger partial charge in [-0.3, -0.25) is 4.79 Å². The number of aryl methyl sites for hydroxylation is 3. The molecule has 2 aromatic rings. The van der Waals surface area contributed by atoms with Crippen molar-refractivity contribution in [1.29, 1.82) is 5.26 Å². The number of nitrogens with one attached hydrogen (secondary N) is 1. The van der Waals surface area contributed by atoms with Crippen LogP contribution in [0, 0.1) is 39.0 Å². The Balaban J connectivity index is 2.15. The highest BCUT2D eigenvalue weighted by Gasteiger charge is 2.22. The molecule has 1 atom stereocenters. The van der Waals surface area contributed by atoms with Crippen molar-refractivity contribution in [2.75, 3.05) is 5.32 Å². The number of carbonyl (C=O) groups is 2. The summed E-state index contributed by atoms with van der Waals surface area (Å²) in [5, 5.41) is 12.3. The van der Waals surface area contributed by atoms with Crippen LogP contribution >= 0.6 is 0 Å². The first-order valence-electron chi connectivity index (χ1n) is 10.1. The van der Waals surface area contributed by atoms with Gasteiger partial charge in [0.2, 0.25) is 0 Å². The van der Waals surface area contributed by atoms with Crippen LogP contribution in [-0.4, -0.2) is 22.5 Å². The van der Waals surface area contributed by atoms with Gasteiger partial charge >= 0.3 is 5.97 Å². The Bertz CT molecular complexity index is 1000. The van der Waals surface area contributed by atoms with E-state index in [0.29, 0.717) is 5.69 Å². The monoisotopic (exact) mass is 407 g/mol. The fraction of sp³-hybridized carbons (Fsp3) is 0.375. The number of nitriles is 1. The first-order chi connectivity index (χ1) is 14.2. The second kappa shape index (κ2) is 9.93. The topological polar surface area (TPSA) is 84.1 Å². The Morgan fingerprint density at radius 1 is 1.23 bits per heavy atom. The highest BCUT2D eigenvalue weighted by Crippen LogP contribution is 2.21. The van der Waals surface area contributed by atoms with Crippen molar-refractivity contribution in [3.05, 3.63) is 57.9 Å². The maximum Gasteiger partial charge on any atom is 0.349 e. The summed E-state index contributed by atoms with van der Waals surface area (Å²) in [6, 6.07) is 9.53. The molecule has 158 valence electrons. The van der Waals surface area contributed by atoms with Gasteiger partial charge in [-0.15, -0.1) is 0 Å². The standard InChI is InChI=1S/C24H29N3O3/c1-7-11-27-17(4)12-20(18(27)5)13-21(14-25)24(29)30-19(6)23(28)26-22-15(2)9-8-10-16(22)3/h8-10,12-13,19H,7,11H2,1-6H3,(H,26,28)/b21-13+. The number of hydrogen-bond donors (Lipinski definition) is 1. The summed E-state index contributed by atoms with van der Waals surface area (Å²) >= 11 is 0. The van der Waals surface area contributed by atoms with Crippen LogP contribution in [0.3, 0.4) is 0 Å². The van der Waals surface area contributed by atoms with Crippen LogP contribution in [0.4, 0.5) is 5.69 Å². The number of benzene rings is 1. The Kier molecular flexibility index (Phi) is 7.60. The first-order valence-corrected chi connectivity index (χ1v) is 10.1. The molecule has 0 fully saturated rings. The summed E-state index contributed by atoms with van der Waals surface area (Å²) in [5.74, 6) is -1.26. The molecule has 0 saturated carbocycles. The Labute approximate surface area is 178 Å². The van der Waals surface area contributed by atoms with Crippen molar-refractivity contribution in [3.8, 4) is 6.07 Å². The summed E-state index contributed by atoms with van der Waals surface area (Å²) in [5.41, 5.74) is 5.23. The molecule has 2 rings (SSSR count). The number of rotatable bonds is 7. The quantitative estimate of drug-likeness (QED) is 0.413. The predicted octanol–water partition coefficient (Wildman–Crippen LogP) is 4.61. The van der Waals surface area contributed by atoms with E-state index in [9.17, 15) is 14.9 Å². The fourth-order valence-electron chi connectivity index (χ4n) is 3.35. The normalized spacial score (nSPS) is 12.2. The molecule has 0 spiro atoms. The number of para-hydroxylation sites is 1. The van der Waals surface area contributed by atoms with Gasteiger partial charge in [0.05, 0.1) is 0 Å². The molecule has 0 aliphatic heterocycles. The highest BCUT2D eigenvalue weighted by molar-refractivity contribution is 6.01. The lowest BCUT2D eigenvalue weighted by molar-refractivity contribution is -0.148. The lowest BCUT2D eigenvalue weighted by Crippen LogP contribution is -2.30. The van der Waals surface area contributed by atoms with Crippen molar-refractivity contribution in [3.63, 3.8) is 0 Å². The van der Waals surface area contributed by atoms with E-state index in [1.807, 2.05) is 58.0 Å². The lowest BCUT2D eigenvalue weighted by atomic mass is 10.1. The molecule has 1 unspecified atom stereocenters. The van der Waals surface area contributed by atoms with E-state index in [4.69, 9.17) is 4.74 Å². The van der Waals surface area contributed by atoms with E-state index < -0.39 is 18.0 Å². The summed E-state index contributed by atoms with van der Waals surface area (Å²) in [4.78, 5) is 25.0. The number of hydrogen-bond acceptors (Lipinski definition) is 4. The van der Waals surface area contributed by atoms with Crippen LogP contribution in [0.5, 0.6) is 0 Å². The van der Waals surface area contributed by atoms with E-state index in [0.717, 1.165) is 41.0 Å². The SMILES string of the molecule is CCCn1c(C)cc(/C=C(\C#N)C(=O)OC(C)C(=O)Nc2c(C)cccc2C)c1C. The lowest BCUT2D eigenvalue weighted by Gasteiger charge is -2.16. The van der Waals surface area contributed by atoms with Gasteiger partial charge in [-0.05, 0) is 69.9 Å². The third-order valence-electron chi connectivity index (χ3n) is 5.08. The first kappa shape index (κ1) is 23.0. The van der Waals surface area contributed by atoms with E-state index in [1.54, 1.807) is 0 Å².